The zero-order valence-electron chi connectivity index (χ0n) is 18.8. The lowest BCUT2D eigenvalue weighted by Crippen LogP contribution is -2.38. The number of aromatic nitrogens is 3. The minimum Gasteiger partial charge on any atom is -0.335 e. The molecule has 1 aliphatic carbocycles. The summed E-state index contributed by atoms with van der Waals surface area (Å²) < 4.78 is 2.41. The van der Waals surface area contributed by atoms with E-state index in [1.165, 1.54) is 46.7 Å². The van der Waals surface area contributed by atoms with Crippen molar-refractivity contribution in [2.24, 2.45) is 0 Å². The lowest BCUT2D eigenvalue weighted by molar-refractivity contribution is -0.130. The Morgan fingerprint density at radius 2 is 1.91 bits per heavy atom. The Balaban J connectivity index is 1.41. The van der Waals surface area contributed by atoms with E-state index in [4.69, 9.17) is 4.98 Å². The predicted octanol–water partition coefficient (Wildman–Crippen LogP) is 4.58. The molecule has 1 aromatic carbocycles. The number of benzene rings is 1. The molecule has 2 aliphatic heterocycles. The van der Waals surface area contributed by atoms with E-state index >= 15 is 0 Å². The van der Waals surface area contributed by atoms with Crippen molar-refractivity contribution < 1.29 is 4.79 Å². The molecule has 1 amide bonds. The molecule has 6 rings (SSSR count). The Kier molecular flexibility index (Phi) is 4.56. The molecule has 0 bridgehead atoms. The summed E-state index contributed by atoms with van der Waals surface area (Å²) in [6.07, 6.45) is 6.53. The van der Waals surface area contributed by atoms with Gasteiger partial charge in [-0.1, -0.05) is 6.07 Å². The molecule has 6 nitrogen and oxygen atoms in total. The quantitative estimate of drug-likeness (QED) is 0.614. The highest BCUT2D eigenvalue weighted by atomic mass is 16.2. The highest BCUT2D eigenvalue weighted by molar-refractivity contribution is 5.75. The molecule has 1 fully saturated rings. The average molecular weight is 428 g/mol. The van der Waals surface area contributed by atoms with E-state index in [-0.39, 0.29) is 5.91 Å². The number of hydrogen-bond acceptors (Lipinski definition) is 4. The first-order valence-electron chi connectivity index (χ1n) is 11.8. The van der Waals surface area contributed by atoms with Crippen LogP contribution in [0.1, 0.15) is 54.9 Å². The van der Waals surface area contributed by atoms with E-state index < -0.39 is 0 Å². The lowest BCUT2D eigenvalue weighted by Gasteiger charge is -2.33. The Bertz CT molecular complexity index is 1210. The SMILES string of the molecule is CC(=O)N1CCn2c(C3CC3)nc(N3CCCc4cc(-c5ccnc(C)c5)ccc43)c2C1. The minimum atomic E-state index is 0.146. The minimum absolute atomic E-state index is 0.146. The standard InChI is InChI=1S/C26H29N5O/c1-17-14-21(9-10-27-17)20-7-8-23-22(15-20)4-3-11-30(23)26-24-16-29(18(2)32)12-13-31(24)25(28-26)19-5-6-19/h7-10,14-15,19H,3-6,11-13,16H2,1-2H3. The van der Waals surface area contributed by atoms with Crippen LogP contribution >= 0.6 is 0 Å². The van der Waals surface area contributed by atoms with Crippen molar-refractivity contribution >= 4 is 17.4 Å². The number of amides is 1. The first-order chi connectivity index (χ1) is 15.6. The molecule has 6 heteroatoms. The summed E-state index contributed by atoms with van der Waals surface area (Å²) in [5.74, 6) is 3.03. The first kappa shape index (κ1) is 19.5. The fraction of sp³-hybridized carbons (Fsp3) is 0.423. The summed E-state index contributed by atoms with van der Waals surface area (Å²) in [6, 6.07) is 11.0. The number of pyridine rings is 1. The number of nitrogens with zero attached hydrogens (tertiary/aromatic N) is 5. The van der Waals surface area contributed by atoms with Crippen LogP contribution in [0.25, 0.3) is 11.1 Å². The van der Waals surface area contributed by atoms with Crippen LogP contribution in [-0.2, 0) is 24.3 Å². The molecule has 164 valence electrons. The van der Waals surface area contributed by atoms with Crippen molar-refractivity contribution in [2.45, 2.75) is 58.5 Å². The van der Waals surface area contributed by atoms with Gasteiger partial charge < -0.3 is 14.4 Å². The topological polar surface area (TPSA) is 54.3 Å². The second-order valence-electron chi connectivity index (χ2n) is 9.39. The molecule has 0 unspecified atom stereocenters. The van der Waals surface area contributed by atoms with Gasteiger partial charge in [-0.2, -0.15) is 0 Å². The Labute approximate surface area is 188 Å². The van der Waals surface area contributed by atoms with Crippen LogP contribution in [0.2, 0.25) is 0 Å². The number of hydrogen-bond donors (Lipinski definition) is 0. The summed E-state index contributed by atoms with van der Waals surface area (Å²) in [7, 11) is 0. The van der Waals surface area contributed by atoms with Crippen molar-refractivity contribution in [1.82, 2.24) is 19.4 Å². The van der Waals surface area contributed by atoms with Crippen LogP contribution in [0, 0.1) is 6.92 Å². The fourth-order valence-electron chi connectivity index (χ4n) is 5.24. The maximum Gasteiger partial charge on any atom is 0.219 e. The Hall–Kier alpha value is -3.15. The maximum absolute atomic E-state index is 12.1. The monoisotopic (exact) mass is 427 g/mol. The van der Waals surface area contributed by atoms with Gasteiger partial charge in [0.15, 0.2) is 5.82 Å². The molecule has 1 saturated carbocycles. The van der Waals surface area contributed by atoms with Crippen LogP contribution in [-0.4, -0.2) is 38.4 Å². The van der Waals surface area contributed by atoms with Gasteiger partial charge in [0.05, 0.1) is 12.2 Å². The van der Waals surface area contributed by atoms with E-state index in [9.17, 15) is 4.79 Å². The summed E-state index contributed by atoms with van der Waals surface area (Å²) in [4.78, 5) is 26.0. The summed E-state index contributed by atoms with van der Waals surface area (Å²) in [6.45, 7) is 6.97. The molecular formula is C26H29N5O. The normalized spacial score (nSPS) is 17.8. The maximum atomic E-state index is 12.1. The van der Waals surface area contributed by atoms with E-state index in [0.717, 1.165) is 44.0 Å². The Morgan fingerprint density at radius 1 is 1.06 bits per heavy atom. The number of anilines is 2. The number of fused-ring (bicyclic) bond motifs is 2. The van der Waals surface area contributed by atoms with Gasteiger partial charge >= 0.3 is 0 Å². The fourth-order valence-corrected chi connectivity index (χ4v) is 5.24. The molecule has 0 spiro atoms. The second kappa shape index (κ2) is 7.47. The van der Waals surface area contributed by atoms with Crippen LogP contribution in [0.3, 0.4) is 0 Å². The highest BCUT2D eigenvalue weighted by Gasteiger charge is 2.36. The average Bonchev–Trinajstić information content (AvgIpc) is 3.58. The molecule has 0 N–H and O–H groups in total. The van der Waals surface area contributed by atoms with Crippen molar-refractivity contribution in [2.75, 3.05) is 18.0 Å². The first-order valence-corrected chi connectivity index (χ1v) is 11.8. The van der Waals surface area contributed by atoms with Gasteiger partial charge in [0, 0.05) is 50.1 Å². The van der Waals surface area contributed by atoms with Crippen LogP contribution in [0.4, 0.5) is 11.5 Å². The summed E-state index contributed by atoms with van der Waals surface area (Å²) in [5, 5.41) is 0. The predicted molar refractivity (Wildman–Crippen MR) is 125 cm³/mol. The molecular weight excluding hydrogens is 398 g/mol. The molecule has 32 heavy (non-hydrogen) atoms. The van der Waals surface area contributed by atoms with Gasteiger partial charge in [-0.05, 0) is 73.6 Å². The number of carbonyl (C=O) groups is 1. The zero-order valence-corrected chi connectivity index (χ0v) is 18.8. The highest BCUT2D eigenvalue weighted by Crippen LogP contribution is 2.44. The number of rotatable bonds is 3. The lowest BCUT2D eigenvalue weighted by atomic mass is 9.96. The van der Waals surface area contributed by atoms with Gasteiger partial charge in [-0.15, -0.1) is 0 Å². The zero-order chi connectivity index (χ0) is 21.8. The number of aryl methyl sites for hydroxylation is 2. The third-order valence-electron chi connectivity index (χ3n) is 7.09. The smallest absolute Gasteiger partial charge is 0.219 e. The van der Waals surface area contributed by atoms with Gasteiger partial charge in [-0.3, -0.25) is 9.78 Å². The molecule has 4 heterocycles. The van der Waals surface area contributed by atoms with E-state index in [1.807, 2.05) is 18.0 Å². The molecule has 0 radical (unpaired) electrons. The van der Waals surface area contributed by atoms with E-state index in [2.05, 4.69) is 44.8 Å². The molecule has 3 aromatic rings. The van der Waals surface area contributed by atoms with Crippen molar-refractivity contribution in [3.63, 3.8) is 0 Å². The number of imidazole rings is 1. The summed E-state index contributed by atoms with van der Waals surface area (Å²) >= 11 is 0. The molecule has 0 saturated heterocycles. The largest absolute Gasteiger partial charge is 0.335 e. The van der Waals surface area contributed by atoms with Gasteiger partial charge in [-0.25, -0.2) is 4.98 Å². The van der Waals surface area contributed by atoms with Gasteiger partial charge in [0.1, 0.15) is 5.82 Å². The van der Waals surface area contributed by atoms with Crippen molar-refractivity contribution in [1.29, 1.82) is 0 Å². The molecule has 3 aliphatic rings. The van der Waals surface area contributed by atoms with Crippen molar-refractivity contribution in [3.05, 3.63) is 59.3 Å². The third-order valence-corrected chi connectivity index (χ3v) is 7.09. The Morgan fingerprint density at radius 3 is 2.69 bits per heavy atom. The van der Waals surface area contributed by atoms with E-state index in [1.54, 1.807) is 6.92 Å². The summed E-state index contributed by atoms with van der Waals surface area (Å²) in [5.41, 5.74) is 7.32. The third kappa shape index (κ3) is 3.29. The van der Waals surface area contributed by atoms with Crippen LogP contribution in [0.15, 0.2) is 36.5 Å². The second-order valence-corrected chi connectivity index (χ2v) is 9.39. The van der Waals surface area contributed by atoms with Crippen molar-refractivity contribution in [3.8, 4) is 11.1 Å². The molecule has 2 aromatic heterocycles. The van der Waals surface area contributed by atoms with Gasteiger partial charge in [0.2, 0.25) is 5.91 Å². The van der Waals surface area contributed by atoms with E-state index in [0.29, 0.717) is 12.5 Å². The van der Waals surface area contributed by atoms with Crippen LogP contribution in [0.5, 0.6) is 0 Å². The van der Waals surface area contributed by atoms with Gasteiger partial charge in [0.25, 0.3) is 0 Å². The van der Waals surface area contributed by atoms with Crippen LogP contribution < -0.4 is 4.90 Å². The molecule has 0 atom stereocenters. The number of carbonyl (C=O) groups excluding carboxylic acids is 1.